The SMILES string of the molecule is Cc1ncoc1C(=O)N1CC[C@@](NC(=O)c2ccsc2)(c2ccccc2)[C@H](O)C1. The van der Waals surface area contributed by atoms with Gasteiger partial charge in [-0.05, 0) is 30.4 Å². The molecule has 1 fully saturated rings. The van der Waals surface area contributed by atoms with Crippen LogP contribution in [0.5, 0.6) is 0 Å². The second-order valence-corrected chi connectivity index (χ2v) is 7.87. The predicted molar refractivity (Wildman–Crippen MR) is 108 cm³/mol. The van der Waals surface area contributed by atoms with Crippen molar-refractivity contribution in [2.75, 3.05) is 13.1 Å². The largest absolute Gasteiger partial charge is 0.438 e. The van der Waals surface area contributed by atoms with Crippen LogP contribution < -0.4 is 5.32 Å². The average Bonchev–Trinajstić information content (AvgIpc) is 3.41. The summed E-state index contributed by atoms with van der Waals surface area (Å²) in [6, 6.07) is 11.1. The van der Waals surface area contributed by atoms with Crippen molar-refractivity contribution in [3.05, 3.63) is 76.1 Å². The molecule has 4 rings (SSSR count). The van der Waals surface area contributed by atoms with E-state index in [0.29, 0.717) is 24.2 Å². The second kappa shape index (κ2) is 7.81. The molecule has 0 bridgehead atoms. The summed E-state index contributed by atoms with van der Waals surface area (Å²) >= 11 is 1.44. The van der Waals surface area contributed by atoms with Crippen molar-refractivity contribution in [2.24, 2.45) is 0 Å². The summed E-state index contributed by atoms with van der Waals surface area (Å²) in [6.45, 7) is 2.12. The number of hydrogen-bond acceptors (Lipinski definition) is 6. The molecule has 0 aliphatic carbocycles. The van der Waals surface area contributed by atoms with Crippen LogP contribution in [0.1, 0.15) is 38.6 Å². The molecule has 1 saturated heterocycles. The molecule has 150 valence electrons. The third-order valence-electron chi connectivity index (χ3n) is 5.37. The van der Waals surface area contributed by atoms with Gasteiger partial charge in [0, 0.05) is 18.5 Å². The molecule has 3 aromatic rings. The van der Waals surface area contributed by atoms with Crippen molar-refractivity contribution in [2.45, 2.75) is 25.0 Å². The molecule has 0 saturated carbocycles. The van der Waals surface area contributed by atoms with Gasteiger partial charge in [0.1, 0.15) is 0 Å². The number of carbonyl (C=O) groups excluding carboxylic acids is 2. The zero-order valence-corrected chi connectivity index (χ0v) is 16.7. The van der Waals surface area contributed by atoms with Crippen LogP contribution >= 0.6 is 11.3 Å². The quantitative estimate of drug-likeness (QED) is 0.688. The molecule has 2 amide bonds. The van der Waals surface area contributed by atoms with Crippen LogP contribution in [0.2, 0.25) is 0 Å². The van der Waals surface area contributed by atoms with Crippen LogP contribution in [-0.4, -0.2) is 46.0 Å². The molecule has 1 aromatic carbocycles. The van der Waals surface area contributed by atoms with E-state index in [1.807, 2.05) is 35.7 Å². The Labute approximate surface area is 172 Å². The van der Waals surface area contributed by atoms with Crippen LogP contribution in [0.3, 0.4) is 0 Å². The van der Waals surface area contributed by atoms with E-state index in [1.54, 1.807) is 18.4 Å². The number of amides is 2. The van der Waals surface area contributed by atoms with E-state index >= 15 is 0 Å². The third-order valence-corrected chi connectivity index (χ3v) is 6.06. The number of β-amino-alcohol motifs (C(OH)–C–C–N with tert-alkyl or cyclic N) is 1. The van der Waals surface area contributed by atoms with Gasteiger partial charge in [-0.25, -0.2) is 4.98 Å². The molecular weight excluding hydrogens is 390 g/mol. The van der Waals surface area contributed by atoms with E-state index in [1.165, 1.54) is 22.6 Å². The highest BCUT2D eigenvalue weighted by molar-refractivity contribution is 7.08. The minimum absolute atomic E-state index is 0.0672. The van der Waals surface area contributed by atoms with E-state index in [-0.39, 0.29) is 24.1 Å². The fraction of sp³-hybridized carbons (Fsp3) is 0.286. The van der Waals surface area contributed by atoms with Gasteiger partial charge in [-0.2, -0.15) is 11.3 Å². The Balaban J connectivity index is 1.62. The van der Waals surface area contributed by atoms with E-state index < -0.39 is 11.6 Å². The number of nitrogens with zero attached hydrogens (tertiary/aromatic N) is 2. The number of thiophene rings is 1. The van der Waals surface area contributed by atoms with Gasteiger partial charge in [-0.15, -0.1) is 0 Å². The number of hydrogen-bond donors (Lipinski definition) is 2. The fourth-order valence-electron chi connectivity index (χ4n) is 3.73. The first-order chi connectivity index (χ1) is 14.0. The Morgan fingerprint density at radius 2 is 2.10 bits per heavy atom. The smallest absolute Gasteiger partial charge is 0.291 e. The molecule has 3 heterocycles. The fourth-order valence-corrected chi connectivity index (χ4v) is 4.36. The van der Waals surface area contributed by atoms with Crippen molar-refractivity contribution >= 4 is 23.2 Å². The van der Waals surface area contributed by atoms with Crippen molar-refractivity contribution in [1.29, 1.82) is 0 Å². The second-order valence-electron chi connectivity index (χ2n) is 7.09. The third kappa shape index (κ3) is 3.56. The lowest BCUT2D eigenvalue weighted by Gasteiger charge is -2.46. The maximum absolute atomic E-state index is 12.8. The Kier molecular flexibility index (Phi) is 5.21. The summed E-state index contributed by atoms with van der Waals surface area (Å²) in [7, 11) is 0. The van der Waals surface area contributed by atoms with Gasteiger partial charge in [0.15, 0.2) is 6.39 Å². The van der Waals surface area contributed by atoms with Gasteiger partial charge >= 0.3 is 0 Å². The van der Waals surface area contributed by atoms with Gasteiger partial charge < -0.3 is 19.7 Å². The summed E-state index contributed by atoms with van der Waals surface area (Å²) in [5.41, 5.74) is 0.871. The molecule has 29 heavy (non-hydrogen) atoms. The Morgan fingerprint density at radius 3 is 2.72 bits per heavy atom. The van der Waals surface area contributed by atoms with E-state index in [4.69, 9.17) is 4.42 Å². The number of benzene rings is 1. The minimum atomic E-state index is -0.993. The Bertz CT molecular complexity index is 1000. The monoisotopic (exact) mass is 411 g/mol. The molecule has 2 atom stereocenters. The standard InChI is InChI=1S/C21H21N3O4S/c1-14-18(28-13-22-14)20(27)24-9-8-21(17(25)11-24,16-5-3-2-4-6-16)23-19(26)15-7-10-29-12-15/h2-7,10,12-13,17,25H,8-9,11H2,1H3,(H,23,26)/t17-,21-/m1/s1. The lowest BCUT2D eigenvalue weighted by atomic mass is 9.78. The normalized spacial score (nSPS) is 21.7. The molecular formula is C21H21N3O4S. The summed E-state index contributed by atoms with van der Waals surface area (Å²) < 4.78 is 5.21. The molecule has 2 N–H and O–H groups in total. The topological polar surface area (TPSA) is 95.7 Å². The number of aliphatic hydroxyl groups is 1. The summed E-state index contributed by atoms with van der Waals surface area (Å²) in [4.78, 5) is 31.1. The highest BCUT2D eigenvalue weighted by Crippen LogP contribution is 2.34. The maximum Gasteiger partial charge on any atom is 0.291 e. The first kappa shape index (κ1) is 19.4. The lowest BCUT2D eigenvalue weighted by molar-refractivity contribution is -0.0117. The summed E-state index contributed by atoms with van der Waals surface area (Å²) in [5.74, 6) is -0.392. The summed E-state index contributed by atoms with van der Waals surface area (Å²) in [5, 5.41) is 17.8. The van der Waals surface area contributed by atoms with Gasteiger partial charge in [0.25, 0.3) is 11.8 Å². The van der Waals surface area contributed by atoms with Crippen LogP contribution in [0.25, 0.3) is 0 Å². The number of carbonyl (C=O) groups is 2. The zero-order chi connectivity index (χ0) is 20.4. The summed E-state index contributed by atoms with van der Waals surface area (Å²) in [6.07, 6.45) is 0.610. The molecule has 8 heteroatoms. The molecule has 0 spiro atoms. The van der Waals surface area contributed by atoms with E-state index in [0.717, 1.165) is 5.56 Å². The number of piperidine rings is 1. The van der Waals surface area contributed by atoms with Gasteiger partial charge in [-0.3, -0.25) is 9.59 Å². The highest BCUT2D eigenvalue weighted by atomic mass is 32.1. The van der Waals surface area contributed by atoms with Crippen molar-refractivity contribution in [3.8, 4) is 0 Å². The molecule has 2 aromatic heterocycles. The predicted octanol–water partition coefficient (Wildman–Crippen LogP) is 2.58. The number of likely N-dealkylation sites (tertiary alicyclic amines) is 1. The number of aliphatic hydroxyl groups excluding tert-OH is 1. The van der Waals surface area contributed by atoms with Gasteiger partial charge in [0.2, 0.25) is 5.76 Å². The van der Waals surface area contributed by atoms with Crippen LogP contribution in [0, 0.1) is 6.92 Å². The lowest BCUT2D eigenvalue weighted by Crippen LogP contribution is -2.62. The number of aromatic nitrogens is 1. The minimum Gasteiger partial charge on any atom is -0.438 e. The van der Waals surface area contributed by atoms with E-state index in [2.05, 4.69) is 10.3 Å². The Morgan fingerprint density at radius 1 is 1.31 bits per heavy atom. The van der Waals surface area contributed by atoms with E-state index in [9.17, 15) is 14.7 Å². The van der Waals surface area contributed by atoms with Crippen LogP contribution in [-0.2, 0) is 5.54 Å². The first-order valence-electron chi connectivity index (χ1n) is 9.29. The highest BCUT2D eigenvalue weighted by Gasteiger charge is 2.46. The number of rotatable bonds is 4. The molecule has 0 radical (unpaired) electrons. The molecule has 1 aliphatic rings. The van der Waals surface area contributed by atoms with Crippen LogP contribution in [0.4, 0.5) is 0 Å². The average molecular weight is 411 g/mol. The molecule has 1 aliphatic heterocycles. The van der Waals surface area contributed by atoms with Gasteiger partial charge in [-0.1, -0.05) is 30.3 Å². The zero-order valence-electron chi connectivity index (χ0n) is 15.9. The van der Waals surface area contributed by atoms with Crippen molar-refractivity contribution < 1.29 is 19.1 Å². The first-order valence-corrected chi connectivity index (χ1v) is 10.2. The van der Waals surface area contributed by atoms with Crippen molar-refractivity contribution in [3.63, 3.8) is 0 Å². The van der Waals surface area contributed by atoms with Gasteiger partial charge in [0.05, 0.1) is 22.9 Å². The number of aryl methyl sites for hydroxylation is 1. The Hall–Kier alpha value is -2.97. The number of oxazole rings is 1. The molecule has 7 nitrogen and oxygen atoms in total. The molecule has 0 unspecified atom stereocenters. The van der Waals surface area contributed by atoms with Crippen LogP contribution in [0.15, 0.2) is 58.0 Å². The number of nitrogens with one attached hydrogen (secondary N) is 1. The van der Waals surface area contributed by atoms with Crippen molar-refractivity contribution in [1.82, 2.24) is 15.2 Å². The maximum atomic E-state index is 12.8.